The van der Waals surface area contributed by atoms with E-state index in [-0.39, 0.29) is 5.91 Å². The predicted octanol–water partition coefficient (Wildman–Crippen LogP) is 2.61. The van der Waals surface area contributed by atoms with E-state index in [1.807, 2.05) is 0 Å². The van der Waals surface area contributed by atoms with Gasteiger partial charge in [-0.3, -0.25) is 4.79 Å². The second-order valence-corrected chi connectivity index (χ2v) is 5.63. The van der Waals surface area contributed by atoms with Crippen LogP contribution in [0.4, 0.5) is 5.82 Å². The van der Waals surface area contributed by atoms with Gasteiger partial charge in [0.2, 0.25) is 0 Å². The van der Waals surface area contributed by atoms with Crippen molar-refractivity contribution in [2.24, 2.45) is 11.8 Å². The Labute approximate surface area is 114 Å². The molecule has 1 aliphatic carbocycles. The largest absolute Gasteiger partial charge is 0.384 e. The first-order valence-corrected chi connectivity index (χ1v) is 7.16. The minimum atomic E-state index is -0.129. The Kier molecular flexibility index (Phi) is 4.77. The summed E-state index contributed by atoms with van der Waals surface area (Å²) in [6, 6.07) is 5.12. The first-order chi connectivity index (χ1) is 9.15. The van der Waals surface area contributed by atoms with Crippen molar-refractivity contribution in [1.82, 2.24) is 10.3 Å². The number of nitrogen functional groups attached to an aromatic ring is 1. The van der Waals surface area contributed by atoms with Crippen LogP contribution in [0.3, 0.4) is 0 Å². The van der Waals surface area contributed by atoms with E-state index in [2.05, 4.69) is 17.2 Å². The van der Waals surface area contributed by atoms with Crippen molar-refractivity contribution >= 4 is 11.7 Å². The SMILES string of the molecule is CC1CCCC(CCNC(=O)c2cccc(N)n2)C1. The fourth-order valence-corrected chi connectivity index (χ4v) is 2.88. The summed E-state index contributed by atoms with van der Waals surface area (Å²) in [6.45, 7) is 3.05. The highest BCUT2D eigenvalue weighted by Crippen LogP contribution is 2.30. The molecule has 1 saturated carbocycles. The first kappa shape index (κ1) is 13.8. The molecule has 104 valence electrons. The van der Waals surface area contributed by atoms with Crippen molar-refractivity contribution in [2.75, 3.05) is 12.3 Å². The van der Waals surface area contributed by atoms with E-state index >= 15 is 0 Å². The number of hydrogen-bond donors (Lipinski definition) is 2. The fourth-order valence-electron chi connectivity index (χ4n) is 2.88. The van der Waals surface area contributed by atoms with Crippen LogP contribution in [0.5, 0.6) is 0 Å². The number of anilines is 1. The van der Waals surface area contributed by atoms with Crippen molar-refractivity contribution in [2.45, 2.75) is 39.0 Å². The third kappa shape index (κ3) is 4.23. The Morgan fingerprint density at radius 1 is 1.47 bits per heavy atom. The second-order valence-electron chi connectivity index (χ2n) is 5.63. The third-order valence-electron chi connectivity index (χ3n) is 3.89. The van der Waals surface area contributed by atoms with Gasteiger partial charge in [-0.05, 0) is 36.8 Å². The molecule has 0 aromatic carbocycles. The molecule has 4 heteroatoms. The number of nitrogens with two attached hydrogens (primary N) is 1. The lowest BCUT2D eigenvalue weighted by atomic mass is 9.81. The smallest absolute Gasteiger partial charge is 0.269 e. The highest BCUT2D eigenvalue weighted by molar-refractivity contribution is 5.92. The Balaban J connectivity index is 1.75. The third-order valence-corrected chi connectivity index (χ3v) is 3.89. The zero-order valence-electron chi connectivity index (χ0n) is 11.6. The molecule has 19 heavy (non-hydrogen) atoms. The maximum absolute atomic E-state index is 11.9. The first-order valence-electron chi connectivity index (χ1n) is 7.16. The summed E-state index contributed by atoms with van der Waals surface area (Å²) in [5, 5.41) is 2.93. The molecule has 2 unspecified atom stereocenters. The number of amides is 1. The molecule has 0 spiro atoms. The molecule has 0 aliphatic heterocycles. The summed E-state index contributed by atoms with van der Waals surface area (Å²) in [6.07, 6.45) is 6.36. The van der Waals surface area contributed by atoms with Crippen molar-refractivity contribution in [3.05, 3.63) is 23.9 Å². The van der Waals surface area contributed by atoms with Gasteiger partial charge in [0.25, 0.3) is 5.91 Å². The van der Waals surface area contributed by atoms with E-state index in [4.69, 9.17) is 5.73 Å². The summed E-state index contributed by atoms with van der Waals surface area (Å²) < 4.78 is 0. The maximum Gasteiger partial charge on any atom is 0.269 e. The minimum Gasteiger partial charge on any atom is -0.384 e. The average molecular weight is 261 g/mol. The molecule has 0 bridgehead atoms. The number of pyridine rings is 1. The zero-order chi connectivity index (χ0) is 13.7. The monoisotopic (exact) mass is 261 g/mol. The standard InChI is InChI=1S/C15H23N3O/c1-11-4-2-5-12(10-11)8-9-17-15(19)13-6-3-7-14(16)18-13/h3,6-7,11-12H,2,4-5,8-10H2,1H3,(H2,16,18)(H,17,19). The molecule has 1 aliphatic rings. The van der Waals surface area contributed by atoms with Gasteiger partial charge < -0.3 is 11.1 Å². The zero-order valence-corrected chi connectivity index (χ0v) is 11.6. The molecule has 1 aromatic rings. The maximum atomic E-state index is 11.9. The van der Waals surface area contributed by atoms with Gasteiger partial charge >= 0.3 is 0 Å². The van der Waals surface area contributed by atoms with Crippen LogP contribution < -0.4 is 11.1 Å². The van der Waals surface area contributed by atoms with Crippen molar-refractivity contribution < 1.29 is 4.79 Å². The fraction of sp³-hybridized carbons (Fsp3) is 0.600. The Hall–Kier alpha value is -1.58. The molecule has 1 fully saturated rings. The number of rotatable bonds is 4. The van der Waals surface area contributed by atoms with Gasteiger partial charge in [0.1, 0.15) is 11.5 Å². The quantitative estimate of drug-likeness (QED) is 0.875. The number of nitrogens with one attached hydrogen (secondary N) is 1. The summed E-state index contributed by atoms with van der Waals surface area (Å²) >= 11 is 0. The second kappa shape index (κ2) is 6.55. The molecule has 4 nitrogen and oxygen atoms in total. The molecule has 1 amide bonds. The summed E-state index contributed by atoms with van der Waals surface area (Å²) in [5.41, 5.74) is 5.97. The Morgan fingerprint density at radius 2 is 2.32 bits per heavy atom. The van der Waals surface area contributed by atoms with Gasteiger partial charge in [0.15, 0.2) is 0 Å². The Morgan fingerprint density at radius 3 is 3.05 bits per heavy atom. The lowest BCUT2D eigenvalue weighted by molar-refractivity contribution is 0.0945. The minimum absolute atomic E-state index is 0.129. The van der Waals surface area contributed by atoms with Crippen LogP contribution in [0.25, 0.3) is 0 Å². The molecule has 2 rings (SSSR count). The molecule has 1 heterocycles. The normalized spacial score (nSPS) is 23.0. The summed E-state index contributed by atoms with van der Waals surface area (Å²) in [7, 11) is 0. The van der Waals surface area contributed by atoms with Crippen molar-refractivity contribution in [1.29, 1.82) is 0 Å². The van der Waals surface area contributed by atoms with Gasteiger partial charge in [-0.1, -0.05) is 32.3 Å². The lowest BCUT2D eigenvalue weighted by Crippen LogP contribution is -2.27. The van der Waals surface area contributed by atoms with E-state index in [9.17, 15) is 4.79 Å². The van der Waals surface area contributed by atoms with Crippen molar-refractivity contribution in [3.8, 4) is 0 Å². The van der Waals surface area contributed by atoms with E-state index in [1.54, 1.807) is 18.2 Å². The van der Waals surface area contributed by atoms with Gasteiger partial charge in [-0.25, -0.2) is 4.98 Å². The molecule has 3 N–H and O–H groups in total. The number of nitrogens with zero attached hydrogens (tertiary/aromatic N) is 1. The van der Waals surface area contributed by atoms with Crippen LogP contribution in [0.2, 0.25) is 0 Å². The molecule has 1 aromatic heterocycles. The van der Waals surface area contributed by atoms with Gasteiger partial charge in [-0.15, -0.1) is 0 Å². The van der Waals surface area contributed by atoms with Crippen LogP contribution in [-0.4, -0.2) is 17.4 Å². The number of carbonyl (C=O) groups is 1. The molecule has 0 radical (unpaired) electrons. The Bertz CT molecular complexity index is 433. The van der Waals surface area contributed by atoms with E-state index in [0.29, 0.717) is 11.5 Å². The molecular formula is C15H23N3O. The van der Waals surface area contributed by atoms with Crippen LogP contribution in [0.15, 0.2) is 18.2 Å². The van der Waals surface area contributed by atoms with Gasteiger partial charge in [0.05, 0.1) is 0 Å². The summed E-state index contributed by atoms with van der Waals surface area (Å²) in [5.74, 6) is 1.85. The van der Waals surface area contributed by atoms with Gasteiger partial charge in [0, 0.05) is 6.54 Å². The van der Waals surface area contributed by atoms with E-state index in [0.717, 1.165) is 24.8 Å². The number of carbonyl (C=O) groups excluding carboxylic acids is 1. The highest BCUT2D eigenvalue weighted by atomic mass is 16.1. The molecule has 2 atom stereocenters. The number of hydrogen-bond acceptors (Lipinski definition) is 3. The summed E-state index contributed by atoms with van der Waals surface area (Å²) in [4.78, 5) is 15.9. The van der Waals surface area contributed by atoms with Crippen LogP contribution in [0, 0.1) is 11.8 Å². The molecular weight excluding hydrogens is 238 g/mol. The van der Waals surface area contributed by atoms with Crippen LogP contribution >= 0.6 is 0 Å². The van der Waals surface area contributed by atoms with Crippen LogP contribution in [0.1, 0.15) is 49.5 Å². The van der Waals surface area contributed by atoms with E-state index in [1.165, 1.54) is 25.7 Å². The van der Waals surface area contributed by atoms with E-state index < -0.39 is 0 Å². The number of aromatic nitrogens is 1. The topological polar surface area (TPSA) is 68.0 Å². The predicted molar refractivity (Wildman–Crippen MR) is 76.7 cm³/mol. The molecule has 0 saturated heterocycles. The lowest BCUT2D eigenvalue weighted by Gasteiger charge is -2.26. The van der Waals surface area contributed by atoms with Crippen LogP contribution in [-0.2, 0) is 0 Å². The average Bonchev–Trinajstić information content (AvgIpc) is 2.38. The van der Waals surface area contributed by atoms with Gasteiger partial charge in [-0.2, -0.15) is 0 Å². The van der Waals surface area contributed by atoms with Crippen molar-refractivity contribution in [3.63, 3.8) is 0 Å². The highest BCUT2D eigenvalue weighted by Gasteiger charge is 2.18.